The summed E-state index contributed by atoms with van der Waals surface area (Å²) in [7, 11) is 0. The smallest absolute Gasteiger partial charge is 0.125 e. The molecule has 0 radical (unpaired) electrons. The molecule has 0 spiro atoms. The molecule has 0 bridgehead atoms. The Bertz CT molecular complexity index is 757. The number of alkyl halides is 1. The average Bonchev–Trinajstić information content (AvgIpc) is 3.01. The van der Waals surface area contributed by atoms with Crippen LogP contribution in [0.15, 0.2) is 30.3 Å². The number of aromatic nitrogens is 2. The third kappa shape index (κ3) is 2.25. The fourth-order valence-electron chi connectivity index (χ4n) is 2.58. The Morgan fingerprint density at radius 3 is 2.70 bits per heavy atom. The molecule has 0 fully saturated rings. The van der Waals surface area contributed by atoms with Gasteiger partial charge < -0.3 is 4.57 Å². The number of imidazole rings is 1. The van der Waals surface area contributed by atoms with Crippen LogP contribution >= 0.6 is 22.9 Å². The van der Waals surface area contributed by atoms with E-state index in [4.69, 9.17) is 11.6 Å². The second-order valence-corrected chi connectivity index (χ2v) is 6.73. The monoisotopic (exact) mass is 304 g/mol. The molecule has 2 aromatic heterocycles. The van der Waals surface area contributed by atoms with Crippen molar-refractivity contribution in [3.05, 3.63) is 51.5 Å². The molecule has 104 valence electrons. The van der Waals surface area contributed by atoms with E-state index in [1.807, 2.05) is 11.3 Å². The Kier molecular flexibility index (Phi) is 3.57. The van der Waals surface area contributed by atoms with E-state index in [0.717, 1.165) is 11.3 Å². The van der Waals surface area contributed by atoms with Crippen LogP contribution in [0.5, 0.6) is 0 Å². The van der Waals surface area contributed by atoms with Gasteiger partial charge in [0.25, 0.3) is 0 Å². The highest BCUT2D eigenvalue weighted by atomic mass is 35.5. The van der Waals surface area contributed by atoms with Crippen LogP contribution in [-0.4, -0.2) is 9.55 Å². The predicted octanol–water partition coefficient (Wildman–Crippen LogP) is 5.06. The molecule has 0 N–H and O–H groups in total. The van der Waals surface area contributed by atoms with Gasteiger partial charge in [-0.05, 0) is 50.6 Å². The molecule has 0 amide bonds. The van der Waals surface area contributed by atoms with Crippen LogP contribution in [0, 0.1) is 13.8 Å². The van der Waals surface area contributed by atoms with Crippen molar-refractivity contribution in [2.75, 3.05) is 0 Å². The lowest BCUT2D eigenvalue weighted by atomic mass is 10.2. The van der Waals surface area contributed by atoms with Crippen LogP contribution < -0.4 is 0 Å². The summed E-state index contributed by atoms with van der Waals surface area (Å²) >= 11 is 7.93. The van der Waals surface area contributed by atoms with Gasteiger partial charge in [-0.25, -0.2) is 4.98 Å². The van der Waals surface area contributed by atoms with Crippen LogP contribution in [-0.2, 0) is 5.88 Å². The standard InChI is InChI=1S/C16H17ClN2S/c1-10-4-6-13-14(8-10)19(16(9-17)18-13)12(3)15-7-5-11(2)20-15/h4-8,12H,9H2,1-3H3. The summed E-state index contributed by atoms with van der Waals surface area (Å²) in [5.74, 6) is 1.37. The molecule has 0 saturated heterocycles. The molecule has 0 aliphatic carbocycles. The summed E-state index contributed by atoms with van der Waals surface area (Å²) in [5, 5.41) is 0. The van der Waals surface area contributed by atoms with E-state index in [1.165, 1.54) is 20.8 Å². The van der Waals surface area contributed by atoms with Gasteiger partial charge in [0.15, 0.2) is 0 Å². The summed E-state index contributed by atoms with van der Waals surface area (Å²) in [4.78, 5) is 7.34. The molecule has 0 aliphatic heterocycles. The average molecular weight is 305 g/mol. The maximum atomic E-state index is 6.10. The largest absolute Gasteiger partial charge is 0.319 e. The molecule has 2 heterocycles. The van der Waals surface area contributed by atoms with Gasteiger partial charge in [-0.3, -0.25) is 0 Å². The number of hydrogen-bond acceptors (Lipinski definition) is 2. The number of benzene rings is 1. The van der Waals surface area contributed by atoms with E-state index < -0.39 is 0 Å². The molecule has 3 aromatic rings. The van der Waals surface area contributed by atoms with E-state index >= 15 is 0 Å². The number of hydrogen-bond donors (Lipinski definition) is 0. The Balaban J connectivity index is 2.20. The number of fused-ring (bicyclic) bond motifs is 1. The molecular formula is C16H17ClN2S. The Labute approximate surface area is 128 Å². The van der Waals surface area contributed by atoms with Crippen molar-refractivity contribution in [1.29, 1.82) is 0 Å². The second-order valence-electron chi connectivity index (χ2n) is 5.15. The highest BCUT2D eigenvalue weighted by Crippen LogP contribution is 2.31. The Morgan fingerprint density at radius 1 is 1.25 bits per heavy atom. The van der Waals surface area contributed by atoms with E-state index in [1.54, 1.807) is 0 Å². The summed E-state index contributed by atoms with van der Waals surface area (Å²) in [6, 6.07) is 11.0. The van der Waals surface area contributed by atoms with Crippen LogP contribution in [0.1, 0.15) is 34.1 Å². The molecule has 3 rings (SSSR count). The van der Waals surface area contributed by atoms with Gasteiger partial charge in [-0.2, -0.15) is 0 Å². The minimum absolute atomic E-state index is 0.259. The number of nitrogens with zero attached hydrogens (tertiary/aromatic N) is 2. The van der Waals surface area contributed by atoms with Gasteiger partial charge in [-0.15, -0.1) is 22.9 Å². The van der Waals surface area contributed by atoms with Crippen molar-refractivity contribution in [1.82, 2.24) is 9.55 Å². The third-order valence-electron chi connectivity index (χ3n) is 3.60. The van der Waals surface area contributed by atoms with Gasteiger partial charge in [0, 0.05) is 9.75 Å². The van der Waals surface area contributed by atoms with E-state index in [2.05, 4.69) is 60.7 Å². The van der Waals surface area contributed by atoms with Crippen LogP contribution in [0.3, 0.4) is 0 Å². The van der Waals surface area contributed by atoms with Crippen LogP contribution in [0.4, 0.5) is 0 Å². The number of halogens is 1. The first-order valence-electron chi connectivity index (χ1n) is 6.70. The zero-order chi connectivity index (χ0) is 14.3. The van der Waals surface area contributed by atoms with Gasteiger partial charge in [0.1, 0.15) is 5.82 Å². The van der Waals surface area contributed by atoms with Crippen molar-refractivity contribution in [3.63, 3.8) is 0 Å². The summed E-state index contributed by atoms with van der Waals surface area (Å²) in [5.41, 5.74) is 3.43. The maximum Gasteiger partial charge on any atom is 0.125 e. The van der Waals surface area contributed by atoms with Crippen molar-refractivity contribution in [3.8, 4) is 0 Å². The fourth-order valence-corrected chi connectivity index (χ4v) is 3.69. The van der Waals surface area contributed by atoms with Crippen molar-refractivity contribution < 1.29 is 0 Å². The predicted molar refractivity (Wildman–Crippen MR) is 86.9 cm³/mol. The summed E-state index contributed by atoms with van der Waals surface area (Å²) in [6.45, 7) is 6.46. The molecule has 1 unspecified atom stereocenters. The lowest BCUT2D eigenvalue weighted by Gasteiger charge is -2.15. The SMILES string of the molecule is Cc1ccc2nc(CCl)n(C(C)c3ccc(C)s3)c2c1. The van der Waals surface area contributed by atoms with Gasteiger partial charge in [-0.1, -0.05) is 6.07 Å². The van der Waals surface area contributed by atoms with Crippen molar-refractivity contribution in [2.24, 2.45) is 0 Å². The fraction of sp³-hybridized carbons (Fsp3) is 0.312. The summed E-state index contributed by atoms with van der Waals surface area (Å²) in [6.07, 6.45) is 0. The van der Waals surface area contributed by atoms with E-state index in [9.17, 15) is 0 Å². The van der Waals surface area contributed by atoms with Gasteiger partial charge in [0.2, 0.25) is 0 Å². The van der Waals surface area contributed by atoms with Gasteiger partial charge in [0.05, 0.1) is 23.0 Å². The van der Waals surface area contributed by atoms with Crippen LogP contribution in [0.2, 0.25) is 0 Å². The molecule has 20 heavy (non-hydrogen) atoms. The second kappa shape index (κ2) is 5.23. The maximum absolute atomic E-state index is 6.10. The van der Waals surface area contributed by atoms with E-state index in [0.29, 0.717) is 5.88 Å². The van der Waals surface area contributed by atoms with E-state index in [-0.39, 0.29) is 6.04 Å². The number of thiophene rings is 1. The Morgan fingerprint density at radius 2 is 2.05 bits per heavy atom. The molecule has 0 saturated carbocycles. The zero-order valence-electron chi connectivity index (χ0n) is 11.9. The molecular weight excluding hydrogens is 288 g/mol. The minimum atomic E-state index is 0.259. The van der Waals surface area contributed by atoms with Crippen molar-refractivity contribution >= 4 is 34.0 Å². The van der Waals surface area contributed by atoms with Crippen molar-refractivity contribution in [2.45, 2.75) is 32.7 Å². The molecule has 4 heteroatoms. The highest BCUT2D eigenvalue weighted by Gasteiger charge is 2.17. The molecule has 1 atom stereocenters. The summed E-state index contributed by atoms with van der Waals surface area (Å²) < 4.78 is 2.26. The molecule has 0 aliphatic rings. The molecule has 2 nitrogen and oxygen atoms in total. The number of rotatable bonds is 3. The third-order valence-corrected chi connectivity index (χ3v) is 5.01. The van der Waals surface area contributed by atoms with Crippen LogP contribution in [0.25, 0.3) is 11.0 Å². The quantitative estimate of drug-likeness (QED) is 0.618. The first-order chi connectivity index (χ1) is 9.60. The normalized spacial score (nSPS) is 13.0. The first kappa shape index (κ1) is 13.7. The van der Waals surface area contributed by atoms with Gasteiger partial charge >= 0.3 is 0 Å². The molecule has 1 aromatic carbocycles. The number of aryl methyl sites for hydroxylation is 2. The zero-order valence-corrected chi connectivity index (χ0v) is 13.4. The topological polar surface area (TPSA) is 17.8 Å². The first-order valence-corrected chi connectivity index (χ1v) is 8.05. The minimum Gasteiger partial charge on any atom is -0.319 e. The Hall–Kier alpha value is -1.32. The highest BCUT2D eigenvalue weighted by molar-refractivity contribution is 7.12. The lowest BCUT2D eigenvalue weighted by molar-refractivity contribution is 0.644. The lowest BCUT2D eigenvalue weighted by Crippen LogP contribution is -2.08.